The van der Waals surface area contributed by atoms with Crippen LogP contribution in [0.15, 0.2) is 18.5 Å². The summed E-state index contributed by atoms with van der Waals surface area (Å²) in [6.07, 6.45) is 5.02. The van der Waals surface area contributed by atoms with Crippen molar-refractivity contribution in [1.29, 1.82) is 0 Å². The minimum absolute atomic E-state index is 0.0212. The van der Waals surface area contributed by atoms with Crippen molar-refractivity contribution in [2.24, 2.45) is 5.92 Å². The highest BCUT2D eigenvalue weighted by molar-refractivity contribution is 5.99. The highest BCUT2D eigenvalue weighted by Gasteiger charge is 2.27. The van der Waals surface area contributed by atoms with Gasteiger partial charge in [0.25, 0.3) is 5.91 Å². The van der Waals surface area contributed by atoms with Gasteiger partial charge in [0.05, 0.1) is 5.56 Å². The Labute approximate surface area is 107 Å². The van der Waals surface area contributed by atoms with Crippen LogP contribution in [0.5, 0.6) is 0 Å². The van der Waals surface area contributed by atoms with E-state index in [-0.39, 0.29) is 12.5 Å². The molecule has 2 N–H and O–H groups in total. The fraction of sp³-hybridized carbons (Fsp3) is 0.538. The van der Waals surface area contributed by atoms with Crippen molar-refractivity contribution in [3.63, 3.8) is 0 Å². The predicted octanol–water partition coefficient (Wildman–Crippen LogP) is 0.968. The molecule has 5 heteroatoms. The van der Waals surface area contributed by atoms with E-state index < -0.39 is 0 Å². The van der Waals surface area contributed by atoms with E-state index in [9.17, 15) is 4.79 Å². The van der Waals surface area contributed by atoms with E-state index in [1.165, 1.54) is 0 Å². The number of anilines is 1. The number of rotatable bonds is 4. The van der Waals surface area contributed by atoms with E-state index in [1.807, 2.05) is 4.90 Å². The summed E-state index contributed by atoms with van der Waals surface area (Å²) in [5.41, 5.74) is 1.42. The molecule has 0 radical (unpaired) electrons. The number of hydrogen-bond donors (Lipinski definition) is 2. The number of aliphatic hydroxyl groups excluding tert-OH is 1. The molecule has 0 bridgehead atoms. The van der Waals surface area contributed by atoms with Crippen LogP contribution in [0.25, 0.3) is 0 Å². The van der Waals surface area contributed by atoms with Crippen molar-refractivity contribution in [2.45, 2.75) is 12.8 Å². The number of amides is 1. The first-order chi connectivity index (χ1) is 8.76. The maximum atomic E-state index is 12.4. The van der Waals surface area contributed by atoms with Gasteiger partial charge in [0, 0.05) is 44.8 Å². The van der Waals surface area contributed by atoms with Gasteiger partial charge in [0.1, 0.15) is 0 Å². The largest absolute Gasteiger partial charge is 0.396 e. The van der Waals surface area contributed by atoms with Crippen LogP contribution in [-0.2, 0) is 0 Å². The fourth-order valence-electron chi connectivity index (χ4n) is 2.39. The minimum Gasteiger partial charge on any atom is -0.396 e. The molecular weight excluding hydrogens is 230 g/mol. The smallest absolute Gasteiger partial charge is 0.257 e. The fourth-order valence-corrected chi connectivity index (χ4v) is 2.39. The number of aliphatic hydroxyl groups is 1. The lowest BCUT2D eigenvalue weighted by Gasteiger charge is -2.18. The predicted molar refractivity (Wildman–Crippen MR) is 69.5 cm³/mol. The SMILES string of the molecule is CNc1ccncc1C(=O)N1CCC(CCO)C1. The first-order valence-electron chi connectivity index (χ1n) is 6.28. The number of carbonyl (C=O) groups is 1. The first-order valence-corrected chi connectivity index (χ1v) is 6.28. The number of nitrogens with zero attached hydrogens (tertiary/aromatic N) is 2. The standard InChI is InChI=1S/C13H19N3O2/c1-14-12-2-5-15-8-11(12)13(18)16-6-3-10(9-16)4-7-17/h2,5,8,10,17H,3-4,6-7,9H2,1H3,(H,14,15). The van der Waals surface area contributed by atoms with Gasteiger partial charge in [0.15, 0.2) is 0 Å². The molecule has 1 atom stereocenters. The zero-order chi connectivity index (χ0) is 13.0. The topological polar surface area (TPSA) is 65.5 Å². The highest BCUT2D eigenvalue weighted by Crippen LogP contribution is 2.23. The number of hydrogen-bond acceptors (Lipinski definition) is 4. The molecule has 0 spiro atoms. The van der Waals surface area contributed by atoms with Gasteiger partial charge in [-0.2, -0.15) is 0 Å². The third-order valence-corrected chi connectivity index (χ3v) is 3.43. The Kier molecular flexibility index (Phi) is 4.15. The summed E-state index contributed by atoms with van der Waals surface area (Å²) in [5, 5.41) is 11.9. The number of nitrogens with one attached hydrogen (secondary N) is 1. The number of carbonyl (C=O) groups excluding carboxylic acids is 1. The Morgan fingerprint density at radius 3 is 3.22 bits per heavy atom. The van der Waals surface area contributed by atoms with Gasteiger partial charge in [-0.1, -0.05) is 0 Å². The molecule has 1 aromatic rings. The zero-order valence-electron chi connectivity index (χ0n) is 10.6. The van der Waals surface area contributed by atoms with Crippen LogP contribution in [0.3, 0.4) is 0 Å². The average molecular weight is 249 g/mol. The molecule has 1 aliphatic heterocycles. The molecule has 1 fully saturated rings. The lowest BCUT2D eigenvalue weighted by atomic mass is 10.1. The van der Waals surface area contributed by atoms with Crippen LogP contribution in [0, 0.1) is 5.92 Å². The van der Waals surface area contributed by atoms with Gasteiger partial charge in [-0.15, -0.1) is 0 Å². The summed E-state index contributed by atoms with van der Waals surface area (Å²) >= 11 is 0. The summed E-state index contributed by atoms with van der Waals surface area (Å²) in [5.74, 6) is 0.446. The molecular formula is C13H19N3O2. The van der Waals surface area contributed by atoms with Crippen LogP contribution in [-0.4, -0.2) is 47.6 Å². The molecule has 1 aromatic heterocycles. The summed E-state index contributed by atoms with van der Waals surface area (Å²) in [4.78, 5) is 18.2. The second kappa shape index (κ2) is 5.82. The van der Waals surface area contributed by atoms with Gasteiger partial charge in [0.2, 0.25) is 0 Å². The normalized spacial score (nSPS) is 19.0. The van der Waals surface area contributed by atoms with E-state index >= 15 is 0 Å². The van der Waals surface area contributed by atoms with E-state index in [2.05, 4.69) is 10.3 Å². The van der Waals surface area contributed by atoms with Crippen LogP contribution in [0.1, 0.15) is 23.2 Å². The third kappa shape index (κ3) is 2.61. The molecule has 98 valence electrons. The van der Waals surface area contributed by atoms with Gasteiger partial charge in [-0.05, 0) is 24.8 Å². The summed E-state index contributed by atoms with van der Waals surface area (Å²) < 4.78 is 0. The molecule has 2 rings (SSSR count). The number of pyridine rings is 1. The Hall–Kier alpha value is -1.62. The van der Waals surface area contributed by atoms with Crippen molar-refractivity contribution >= 4 is 11.6 Å². The van der Waals surface area contributed by atoms with Gasteiger partial charge in [-0.3, -0.25) is 9.78 Å². The Bertz CT molecular complexity index is 422. The van der Waals surface area contributed by atoms with E-state index in [0.717, 1.165) is 31.6 Å². The molecule has 0 aromatic carbocycles. The van der Waals surface area contributed by atoms with Crippen molar-refractivity contribution in [3.8, 4) is 0 Å². The molecule has 1 amide bonds. The van der Waals surface area contributed by atoms with Crippen molar-refractivity contribution in [1.82, 2.24) is 9.88 Å². The summed E-state index contributed by atoms with van der Waals surface area (Å²) in [6, 6.07) is 1.80. The molecule has 1 unspecified atom stereocenters. The Morgan fingerprint density at radius 1 is 1.67 bits per heavy atom. The third-order valence-electron chi connectivity index (χ3n) is 3.43. The molecule has 0 aliphatic carbocycles. The van der Waals surface area contributed by atoms with Gasteiger partial charge in [-0.25, -0.2) is 0 Å². The number of aromatic nitrogens is 1. The maximum absolute atomic E-state index is 12.4. The van der Waals surface area contributed by atoms with Crippen LogP contribution in [0.2, 0.25) is 0 Å². The molecule has 0 saturated carbocycles. The highest BCUT2D eigenvalue weighted by atomic mass is 16.3. The molecule has 1 aliphatic rings. The Morgan fingerprint density at radius 2 is 2.50 bits per heavy atom. The maximum Gasteiger partial charge on any atom is 0.257 e. The minimum atomic E-state index is 0.0212. The molecule has 18 heavy (non-hydrogen) atoms. The first kappa shape index (κ1) is 12.8. The summed E-state index contributed by atoms with van der Waals surface area (Å²) in [7, 11) is 1.80. The number of likely N-dealkylation sites (tertiary alicyclic amines) is 1. The van der Waals surface area contributed by atoms with Gasteiger partial charge < -0.3 is 15.3 Å². The second-order valence-electron chi connectivity index (χ2n) is 4.59. The van der Waals surface area contributed by atoms with Crippen LogP contribution in [0.4, 0.5) is 5.69 Å². The second-order valence-corrected chi connectivity index (χ2v) is 4.59. The Balaban J connectivity index is 2.08. The van der Waals surface area contributed by atoms with Gasteiger partial charge >= 0.3 is 0 Å². The van der Waals surface area contributed by atoms with Crippen molar-refractivity contribution in [3.05, 3.63) is 24.0 Å². The molecule has 1 saturated heterocycles. The van der Waals surface area contributed by atoms with Crippen molar-refractivity contribution < 1.29 is 9.90 Å². The quantitative estimate of drug-likeness (QED) is 0.834. The lowest BCUT2D eigenvalue weighted by molar-refractivity contribution is 0.0785. The molecule has 2 heterocycles. The zero-order valence-corrected chi connectivity index (χ0v) is 10.6. The average Bonchev–Trinajstić information content (AvgIpc) is 2.87. The lowest BCUT2D eigenvalue weighted by Crippen LogP contribution is -2.29. The van der Waals surface area contributed by atoms with E-state index in [0.29, 0.717) is 11.5 Å². The summed E-state index contributed by atoms with van der Waals surface area (Å²) in [6.45, 7) is 1.69. The monoisotopic (exact) mass is 249 g/mol. The van der Waals surface area contributed by atoms with Crippen molar-refractivity contribution in [2.75, 3.05) is 32.1 Å². The van der Waals surface area contributed by atoms with Crippen LogP contribution >= 0.6 is 0 Å². The molecule has 5 nitrogen and oxygen atoms in total. The van der Waals surface area contributed by atoms with E-state index in [1.54, 1.807) is 25.5 Å². The van der Waals surface area contributed by atoms with Crippen LogP contribution < -0.4 is 5.32 Å². The van der Waals surface area contributed by atoms with E-state index in [4.69, 9.17) is 5.11 Å².